The molecule has 0 aromatic carbocycles. The predicted octanol–water partition coefficient (Wildman–Crippen LogP) is -0.689. The molecule has 1 aliphatic heterocycles. The van der Waals surface area contributed by atoms with Gasteiger partial charge in [-0.25, -0.2) is 9.98 Å². The summed E-state index contributed by atoms with van der Waals surface area (Å²) in [7, 11) is 0. The number of carbonyl (C=O) groups is 1. The maximum Gasteiger partial charge on any atom is 0.269 e. The average Bonchev–Trinajstić information content (AvgIpc) is 2.59. The fraction of sp³-hybridized carbons (Fsp3) is 0.500. The zero-order valence-electron chi connectivity index (χ0n) is 9.77. The van der Waals surface area contributed by atoms with Crippen LogP contribution in [-0.2, 0) is 11.3 Å². The van der Waals surface area contributed by atoms with Crippen molar-refractivity contribution >= 4 is 17.4 Å². The number of aliphatic imine (C=N–C) groups is 1. The van der Waals surface area contributed by atoms with Crippen LogP contribution < -0.4 is 11.1 Å². The summed E-state index contributed by atoms with van der Waals surface area (Å²) in [6.07, 6.45) is 1.55. The van der Waals surface area contributed by atoms with Gasteiger partial charge in [0.1, 0.15) is 17.2 Å². The molecule has 2 rings (SSSR count). The molecule has 1 aromatic heterocycles. The quantitative estimate of drug-likeness (QED) is 0.647. The van der Waals surface area contributed by atoms with Gasteiger partial charge in [0, 0.05) is 6.54 Å². The van der Waals surface area contributed by atoms with Crippen LogP contribution in [0.3, 0.4) is 0 Å². The van der Waals surface area contributed by atoms with E-state index < -0.39 is 11.6 Å². The van der Waals surface area contributed by atoms with Gasteiger partial charge in [-0.05, 0) is 13.8 Å². The van der Waals surface area contributed by atoms with Crippen molar-refractivity contribution in [2.45, 2.75) is 26.1 Å². The number of hydrogen-bond acceptors (Lipinski definition) is 5. The topological polar surface area (TPSA) is 106 Å². The first kappa shape index (κ1) is 11.6. The third-order valence-corrected chi connectivity index (χ3v) is 2.45. The minimum atomic E-state index is -0.620. The highest BCUT2D eigenvalue weighted by Crippen LogP contribution is 2.26. The second-order valence-electron chi connectivity index (χ2n) is 4.37. The van der Waals surface area contributed by atoms with E-state index in [2.05, 4.69) is 15.3 Å². The van der Waals surface area contributed by atoms with Crippen LogP contribution in [0.1, 0.15) is 19.5 Å². The van der Waals surface area contributed by atoms with Gasteiger partial charge in [0.25, 0.3) is 5.91 Å². The van der Waals surface area contributed by atoms with Gasteiger partial charge in [-0.2, -0.15) is 0 Å². The van der Waals surface area contributed by atoms with Crippen molar-refractivity contribution in [1.29, 1.82) is 0 Å². The first-order valence-corrected chi connectivity index (χ1v) is 5.29. The Balaban J connectivity index is 2.52. The lowest BCUT2D eigenvalue weighted by molar-refractivity contribution is -0.112. The van der Waals surface area contributed by atoms with E-state index in [-0.39, 0.29) is 12.3 Å². The summed E-state index contributed by atoms with van der Waals surface area (Å²) in [6, 6.07) is 0. The Kier molecular flexibility index (Phi) is 2.62. The summed E-state index contributed by atoms with van der Waals surface area (Å²) >= 11 is 0. The molecule has 7 nitrogen and oxygen atoms in total. The number of anilines is 1. The van der Waals surface area contributed by atoms with Crippen molar-refractivity contribution in [3.05, 3.63) is 12.0 Å². The highest BCUT2D eigenvalue weighted by molar-refractivity contribution is 6.45. The molecular formula is C10H15N5O2. The molecule has 0 spiro atoms. The van der Waals surface area contributed by atoms with E-state index in [0.717, 1.165) is 0 Å². The molecular weight excluding hydrogens is 222 g/mol. The lowest BCUT2D eigenvalue weighted by Gasteiger charge is -2.28. The summed E-state index contributed by atoms with van der Waals surface area (Å²) in [5, 5.41) is 12.1. The Labute approximate surface area is 98.4 Å². The molecule has 0 aliphatic carbocycles. The Bertz CT molecular complexity index is 489. The van der Waals surface area contributed by atoms with Crippen LogP contribution in [0.5, 0.6) is 0 Å². The molecule has 92 valence electrons. The number of aromatic nitrogens is 2. The largest absolute Gasteiger partial charge is 0.395 e. The van der Waals surface area contributed by atoms with Crippen LogP contribution in [0.2, 0.25) is 0 Å². The van der Waals surface area contributed by atoms with Gasteiger partial charge in [0.2, 0.25) is 0 Å². The van der Waals surface area contributed by atoms with Crippen LogP contribution in [0.15, 0.2) is 11.3 Å². The van der Waals surface area contributed by atoms with E-state index in [1.165, 1.54) is 0 Å². The van der Waals surface area contributed by atoms with Gasteiger partial charge >= 0.3 is 0 Å². The first-order valence-electron chi connectivity index (χ1n) is 5.29. The zero-order chi connectivity index (χ0) is 12.6. The Morgan fingerprint density at radius 3 is 2.94 bits per heavy atom. The van der Waals surface area contributed by atoms with Crippen molar-refractivity contribution in [3.63, 3.8) is 0 Å². The number of aliphatic hydroxyl groups is 1. The van der Waals surface area contributed by atoms with Gasteiger partial charge in [-0.3, -0.25) is 4.79 Å². The molecule has 1 aromatic rings. The van der Waals surface area contributed by atoms with Gasteiger partial charge in [-0.15, -0.1) is 0 Å². The SMILES string of the molecule is CC1(C)N=C(C(N)=O)c2ncn(CCO)c2N1. The second-order valence-corrected chi connectivity index (χ2v) is 4.37. The van der Waals surface area contributed by atoms with Crippen molar-refractivity contribution in [2.75, 3.05) is 11.9 Å². The van der Waals surface area contributed by atoms with Crippen LogP contribution >= 0.6 is 0 Å². The Morgan fingerprint density at radius 2 is 2.35 bits per heavy atom. The Morgan fingerprint density at radius 1 is 1.65 bits per heavy atom. The number of hydrogen-bond donors (Lipinski definition) is 3. The number of fused-ring (bicyclic) bond motifs is 1. The van der Waals surface area contributed by atoms with Crippen LogP contribution in [-0.4, -0.2) is 38.5 Å². The van der Waals surface area contributed by atoms with Crippen molar-refractivity contribution in [1.82, 2.24) is 9.55 Å². The number of nitrogens with one attached hydrogen (secondary N) is 1. The van der Waals surface area contributed by atoms with E-state index in [4.69, 9.17) is 10.8 Å². The van der Waals surface area contributed by atoms with Gasteiger partial charge in [0.05, 0.1) is 12.9 Å². The van der Waals surface area contributed by atoms with E-state index in [1.807, 2.05) is 13.8 Å². The van der Waals surface area contributed by atoms with Crippen LogP contribution in [0.25, 0.3) is 0 Å². The van der Waals surface area contributed by atoms with Crippen molar-refractivity contribution in [3.8, 4) is 0 Å². The van der Waals surface area contributed by atoms with E-state index in [0.29, 0.717) is 18.1 Å². The fourth-order valence-corrected chi connectivity index (χ4v) is 1.79. The number of nitrogens with zero attached hydrogens (tertiary/aromatic N) is 3. The molecule has 0 bridgehead atoms. The second kappa shape index (κ2) is 3.85. The number of primary amides is 1. The van der Waals surface area contributed by atoms with Gasteiger partial charge in [-0.1, -0.05) is 0 Å². The minimum absolute atomic E-state index is 0.00600. The molecule has 0 atom stereocenters. The molecule has 4 N–H and O–H groups in total. The highest BCUT2D eigenvalue weighted by Gasteiger charge is 2.31. The number of aliphatic hydroxyl groups excluding tert-OH is 1. The minimum Gasteiger partial charge on any atom is -0.395 e. The number of rotatable bonds is 3. The van der Waals surface area contributed by atoms with Gasteiger partial charge < -0.3 is 20.7 Å². The number of carbonyl (C=O) groups excluding carboxylic acids is 1. The van der Waals surface area contributed by atoms with Crippen molar-refractivity contribution in [2.24, 2.45) is 10.7 Å². The standard InChI is InChI=1S/C10H15N5O2/c1-10(2)13-6(8(11)17)7-9(14-10)15(3-4-16)5-12-7/h5,14,16H,3-4H2,1-2H3,(H2,11,17). The molecule has 0 saturated carbocycles. The molecule has 0 unspecified atom stereocenters. The maximum absolute atomic E-state index is 11.3. The average molecular weight is 237 g/mol. The van der Waals surface area contributed by atoms with E-state index in [9.17, 15) is 4.79 Å². The number of nitrogens with two attached hydrogens (primary N) is 1. The third kappa shape index (κ3) is 2.01. The molecule has 0 fully saturated rings. The zero-order valence-corrected chi connectivity index (χ0v) is 9.77. The lowest BCUT2D eigenvalue weighted by Crippen LogP contribution is -2.39. The maximum atomic E-state index is 11.3. The molecule has 0 saturated heterocycles. The van der Waals surface area contributed by atoms with E-state index in [1.54, 1.807) is 10.9 Å². The van der Waals surface area contributed by atoms with E-state index >= 15 is 0 Å². The normalized spacial score (nSPS) is 17.0. The molecule has 17 heavy (non-hydrogen) atoms. The predicted molar refractivity (Wildman–Crippen MR) is 62.7 cm³/mol. The third-order valence-electron chi connectivity index (χ3n) is 2.45. The number of imidazole rings is 1. The first-order chi connectivity index (χ1) is 7.94. The highest BCUT2D eigenvalue weighted by atomic mass is 16.3. The Hall–Kier alpha value is -1.89. The molecule has 2 heterocycles. The van der Waals surface area contributed by atoms with Crippen LogP contribution in [0.4, 0.5) is 5.82 Å². The number of amides is 1. The van der Waals surface area contributed by atoms with Crippen LogP contribution in [0, 0.1) is 0 Å². The molecule has 1 amide bonds. The van der Waals surface area contributed by atoms with Crippen molar-refractivity contribution < 1.29 is 9.90 Å². The smallest absolute Gasteiger partial charge is 0.269 e. The summed E-state index contributed by atoms with van der Waals surface area (Å²) in [5.41, 5.74) is 5.27. The van der Waals surface area contributed by atoms with Gasteiger partial charge in [0.15, 0.2) is 5.71 Å². The lowest BCUT2D eigenvalue weighted by atomic mass is 10.1. The summed E-state index contributed by atoms with van der Waals surface area (Å²) < 4.78 is 1.73. The summed E-state index contributed by atoms with van der Waals surface area (Å²) in [6.45, 7) is 4.05. The monoisotopic (exact) mass is 237 g/mol. The summed E-state index contributed by atoms with van der Waals surface area (Å²) in [4.78, 5) is 19.7. The molecule has 7 heteroatoms. The molecule has 1 aliphatic rings. The molecule has 0 radical (unpaired) electrons. The summed E-state index contributed by atoms with van der Waals surface area (Å²) in [5.74, 6) is 0.0583. The fourth-order valence-electron chi connectivity index (χ4n) is 1.79.